The predicted molar refractivity (Wildman–Crippen MR) is 61.0 cm³/mol. The molecule has 0 saturated heterocycles. The van der Waals surface area contributed by atoms with Crippen LogP contribution in [0.25, 0.3) is 0 Å². The van der Waals surface area contributed by atoms with Crippen LogP contribution in [0.2, 0.25) is 5.02 Å². The van der Waals surface area contributed by atoms with Crippen molar-refractivity contribution in [3.8, 4) is 5.75 Å². The molecule has 2 aromatic rings. The SMILES string of the molecule is COc1ccc(Cl)cc1/C=N\n1cnnc1. The van der Waals surface area contributed by atoms with Crippen molar-refractivity contribution in [1.82, 2.24) is 14.9 Å². The minimum absolute atomic E-state index is 0.631. The molecule has 0 spiro atoms. The van der Waals surface area contributed by atoms with Crippen LogP contribution < -0.4 is 4.74 Å². The molecule has 82 valence electrons. The third-order valence-electron chi connectivity index (χ3n) is 1.93. The third-order valence-corrected chi connectivity index (χ3v) is 2.16. The van der Waals surface area contributed by atoms with Gasteiger partial charge in [-0.3, -0.25) is 0 Å². The highest BCUT2D eigenvalue weighted by Gasteiger charge is 2.00. The van der Waals surface area contributed by atoms with Crippen LogP contribution in [0.15, 0.2) is 36.0 Å². The number of aromatic nitrogens is 3. The molecule has 0 radical (unpaired) electrons. The molecule has 0 saturated carbocycles. The molecule has 0 aliphatic heterocycles. The van der Waals surface area contributed by atoms with Gasteiger partial charge in [-0.25, -0.2) is 4.68 Å². The zero-order valence-electron chi connectivity index (χ0n) is 8.54. The maximum atomic E-state index is 5.89. The number of methoxy groups -OCH3 is 1. The van der Waals surface area contributed by atoms with Gasteiger partial charge in [0, 0.05) is 10.6 Å². The quantitative estimate of drug-likeness (QED) is 0.764. The Morgan fingerprint density at radius 1 is 1.38 bits per heavy atom. The molecule has 0 fully saturated rings. The van der Waals surface area contributed by atoms with Crippen LogP contribution in [0.5, 0.6) is 5.75 Å². The van der Waals surface area contributed by atoms with E-state index in [1.165, 1.54) is 17.3 Å². The third kappa shape index (κ3) is 2.38. The highest BCUT2D eigenvalue weighted by molar-refractivity contribution is 6.30. The predicted octanol–water partition coefficient (Wildman–Crippen LogP) is 1.82. The molecule has 0 amide bonds. The van der Waals surface area contributed by atoms with Gasteiger partial charge in [0.1, 0.15) is 18.4 Å². The molecule has 16 heavy (non-hydrogen) atoms. The second kappa shape index (κ2) is 4.76. The number of rotatable bonds is 3. The molecular formula is C10H9ClN4O. The van der Waals surface area contributed by atoms with Gasteiger partial charge in [0.15, 0.2) is 0 Å². The highest BCUT2D eigenvalue weighted by Crippen LogP contribution is 2.20. The first-order valence-electron chi connectivity index (χ1n) is 4.52. The minimum Gasteiger partial charge on any atom is -0.496 e. The summed E-state index contributed by atoms with van der Waals surface area (Å²) in [5, 5.41) is 12.0. The van der Waals surface area contributed by atoms with Crippen molar-refractivity contribution in [2.75, 3.05) is 7.11 Å². The topological polar surface area (TPSA) is 52.3 Å². The molecule has 0 aliphatic carbocycles. The lowest BCUT2D eigenvalue weighted by Gasteiger charge is -2.03. The molecule has 0 bridgehead atoms. The maximum Gasteiger partial charge on any atom is 0.141 e. The van der Waals surface area contributed by atoms with Crippen LogP contribution in [-0.4, -0.2) is 28.2 Å². The Balaban J connectivity index is 2.29. The zero-order chi connectivity index (χ0) is 11.4. The average molecular weight is 237 g/mol. The smallest absolute Gasteiger partial charge is 0.141 e. The van der Waals surface area contributed by atoms with Gasteiger partial charge >= 0.3 is 0 Å². The van der Waals surface area contributed by atoms with Crippen LogP contribution in [0.1, 0.15) is 5.56 Å². The molecule has 5 nitrogen and oxygen atoms in total. The van der Waals surface area contributed by atoms with Gasteiger partial charge in [-0.2, -0.15) is 5.10 Å². The standard InChI is InChI=1S/C10H9ClN4O/c1-16-10-3-2-9(11)4-8(10)5-14-15-6-12-13-7-15/h2-7H,1H3/b14-5-. The summed E-state index contributed by atoms with van der Waals surface area (Å²) < 4.78 is 6.67. The number of halogens is 1. The lowest BCUT2D eigenvalue weighted by Crippen LogP contribution is -1.92. The first-order valence-corrected chi connectivity index (χ1v) is 4.90. The number of hydrogen-bond acceptors (Lipinski definition) is 4. The highest BCUT2D eigenvalue weighted by atomic mass is 35.5. The van der Waals surface area contributed by atoms with Crippen molar-refractivity contribution in [3.63, 3.8) is 0 Å². The molecule has 1 heterocycles. The van der Waals surface area contributed by atoms with E-state index in [1.807, 2.05) is 0 Å². The first kappa shape index (κ1) is 10.6. The van der Waals surface area contributed by atoms with E-state index < -0.39 is 0 Å². The number of ether oxygens (including phenoxy) is 1. The normalized spacial score (nSPS) is 10.9. The second-order valence-corrected chi connectivity index (χ2v) is 3.41. The molecule has 0 atom stereocenters. The molecular weight excluding hydrogens is 228 g/mol. The molecule has 1 aromatic heterocycles. The fraction of sp³-hybridized carbons (Fsp3) is 0.100. The summed E-state index contributed by atoms with van der Waals surface area (Å²) in [5.74, 6) is 0.709. The number of nitrogens with zero attached hydrogens (tertiary/aromatic N) is 4. The Bertz CT molecular complexity index is 496. The molecule has 1 aromatic carbocycles. The molecule has 6 heteroatoms. The Morgan fingerprint density at radius 2 is 2.12 bits per heavy atom. The summed E-state index contributed by atoms with van der Waals surface area (Å²) in [6.07, 6.45) is 4.62. The van der Waals surface area contributed by atoms with Gasteiger partial charge in [0.2, 0.25) is 0 Å². The number of benzene rings is 1. The monoisotopic (exact) mass is 236 g/mol. The van der Waals surface area contributed by atoms with Crippen molar-refractivity contribution in [3.05, 3.63) is 41.4 Å². The molecule has 0 N–H and O–H groups in total. The van der Waals surface area contributed by atoms with Gasteiger partial charge < -0.3 is 4.74 Å². The summed E-state index contributed by atoms with van der Waals surface area (Å²) >= 11 is 5.89. The summed E-state index contributed by atoms with van der Waals surface area (Å²) in [7, 11) is 1.60. The summed E-state index contributed by atoms with van der Waals surface area (Å²) in [5.41, 5.74) is 0.795. The van der Waals surface area contributed by atoms with Crippen LogP contribution in [0, 0.1) is 0 Å². The van der Waals surface area contributed by atoms with Gasteiger partial charge in [-0.15, -0.1) is 10.2 Å². The van der Waals surface area contributed by atoms with E-state index in [0.717, 1.165) is 5.56 Å². The van der Waals surface area contributed by atoms with Gasteiger partial charge in [0.25, 0.3) is 0 Å². The summed E-state index contributed by atoms with van der Waals surface area (Å²) in [4.78, 5) is 0. The van der Waals surface area contributed by atoms with Gasteiger partial charge in [-0.05, 0) is 18.2 Å². The van der Waals surface area contributed by atoms with Crippen molar-refractivity contribution < 1.29 is 4.74 Å². The summed E-state index contributed by atoms with van der Waals surface area (Å²) in [6, 6.07) is 5.32. The van der Waals surface area contributed by atoms with Crippen LogP contribution in [-0.2, 0) is 0 Å². The second-order valence-electron chi connectivity index (χ2n) is 2.97. The van der Waals surface area contributed by atoms with E-state index in [2.05, 4.69) is 15.3 Å². The van der Waals surface area contributed by atoms with Crippen LogP contribution >= 0.6 is 11.6 Å². The van der Waals surface area contributed by atoms with E-state index in [0.29, 0.717) is 10.8 Å². The van der Waals surface area contributed by atoms with Crippen molar-refractivity contribution in [2.45, 2.75) is 0 Å². The van der Waals surface area contributed by atoms with Gasteiger partial charge in [0.05, 0.1) is 13.3 Å². The molecule has 0 unspecified atom stereocenters. The largest absolute Gasteiger partial charge is 0.496 e. The van der Waals surface area contributed by atoms with Gasteiger partial charge in [-0.1, -0.05) is 11.6 Å². The number of hydrogen-bond donors (Lipinski definition) is 0. The first-order chi connectivity index (χ1) is 7.79. The Kier molecular flexibility index (Phi) is 3.16. The Labute approximate surface area is 97.3 Å². The van der Waals surface area contributed by atoms with E-state index in [-0.39, 0.29) is 0 Å². The zero-order valence-corrected chi connectivity index (χ0v) is 9.30. The van der Waals surface area contributed by atoms with E-state index in [4.69, 9.17) is 16.3 Å². The Hall–Kier alpha value is -1.88. The fourth-order valence-corrected chi connectivity index (χ4v) is 1.37. The Morgan fingerprint density at radius 3 is 2.81 bits per heavy atom. The van der Waals surface area contributed by atoms with Crippen LogP contribution in [0.4, 0.5) is 0 Å². The summed E-state index contributed by atoms with van der Waals surface area (Å²) in [6.45, 7) is 0. The maximum absolute atomic E-state index is 5.89. The fourth-order valence-electron chi connectivity index (χ4n) is 1.19. The van der Waals surface area contributed by atoms with E-state index in [1.54, 1.807) is 31.5 Å². The van der Waals surface area contributed by atoms with E-state index >= 15 is 0 Å². The van der Waals surface area contributed by atoms with Crippen molar-refractivity contribution in [2.24, 2.45) is 5.10 Å². The van der Waals surface area contributed by atoms with Crippen LogP contribution in [0.3, 0.4) is 0 Å². The lowest BCUT2D eigenvalue weighted by atomic mass is 10.2. The molecule has 0 aliphatic rings. The van der Waals surface area contributed by atoms with Crippen molar-refractivity contribution >= 4 is 17.8 Å². The van der Waals surface area contributed by atoms with E-state index in [9.17, 15) is 0 Å². The average Bonchev–Trinajstić information content (AvgIpc) is 2.79. The minimum atomic E-state index is 0.631. The van der Waals surface area contributed by atoms with Crippen molar-refractivity contribution in [1.29, 1.82) is 0 Å². The lowest BCUT2D eigenvalue weighted by molar-refractivity contribution is 0.414. The molecule has 2 rings (SSSR count).